The van der Waals surface area contributed by atoms with Crippen molar-refractivity contribution in [2.24, 2.45) is 0 Å². The largest absolute Gasteiger partial charge is 0.479 e. The van der Waals surface area contributed by atoms with Crippen LogP contribution in [0.25, 0.3) is 0 Å². The number of carbonyl (C=O) groups is 1. The molecule has 4 rings (SSSR count). The Morgan fingerprint density at radius 3 is 2.65 bits per heavy atom. The summed E-state index contributed by atoms with van der Waals surface area (Å²) < 4.78 is 33.6. The summed E-state index contributed by atoms with van der Waals surface area (Å²) in [6.45, 7) is 1.64. The molecule has 0 fully saturated rings. The number of hydrogen-bond acceptors (Lipinski definition) is 4. The summed E-state index contributed by atoms with van der Waals surface area (Å²) in [5.74, 6) is 0.166. The smallest absolute Gasteiger partial charge is 0.265 e. The maximum absolute atomic E-state index is 12.7. The van der Waals surface area contributed by atoms with Crippen molar-refractivity contribution < 1.29 is 17.9 Å². The van der Waals surface area contributed by atoms with E-state index in [0.29, 0.717) is 17.1 Å². The molecule has 0 saturated carbocycles. The van der Waals surface area contributed by atoms with E-state index in [-0.39, 0.29) is 10.8 Å². The van der Waals surface area contributed by atoms with Crippen LogP contribution in [0.15, 0.2) is 41.3 Å². The van der Waals surface area contributed by atoms with Gasteiger partial charge in [-0.1, -0.05) is 6.07 Å². The zero-order valence-electron chi connectivity index (χ0n) is 14.4. The molecule has 2 N–H and O–H groups in total. The number of hydrogen-bond donors (Lipinski definition) is 2. The molecule has 0 saturated heterocycles. The van der Waals surface area contributed by atoms with Crippen molar-refractivity contribution in [3.8, 4) is 5.75 Å². The van der Waals surface area contributed by atoms with Gasteiger partial charge in [0.15, 0.2) is 6.10 Å². The van der Waals surface area contributed by atoms with E-state index in [9.17, 15) is 13.2 Å². The molecule has 1 amide bonds. The topological polar surface area (TPSA) is 84.5 Å². The van der Waals surface area contributed by atoms with Gasteiger partial charge in [0, 0.05) is 5.69 Å². The summed E-state index contributed by atoms with van der Waals surface area (Å²) in [7, 11) is -3.76. The van der Waals surface area contributed by atoms with Crippen molar-refractivity contribution in [3.05, 3.63) is 47.5 Å². The van der Waals surface area contributed by atoms with Crippen LogP contribution in [0.5, 0.6) is 5.75 Å². The van der Waals surface area contributed by atoms with E-state index in [2.05, 4.69) is 10.0 Å². The standard InChI is InChI=1S/C19H20N2O4S/c1-12-19(22)20-17-11-16(8-9-18(17)25-12)26(23,24)21-15-7-6-13-4-2-3-5-14(13)10-15/h6-12,21H,2-5H2,1H3,(H,20,22)/t12-/m0/s1. The fourth-order valence-electron chi connectivity index (χ4n) is 3.37. The van der Waals surface area contributed by atoms with Gasteiger partial charge in [0.05, 0.1) is 10.6 Å². The van der Waals surface area contributed by atoms with Gasteiger partial charge in [0.1, 0.15) is 5.75 Å². The summed E-state index contributed by atoms with van der Waals surface area (Å²) in [6, 6.07) is 10.2. The molecule has 1 atom stereocenters. The Balaban J connectivity index is 1.61. The Morgan fingerprint density at radius 2 is 1.85 bits per heavy atom. The van der Waals surface area contributed by atoms with E-state index in [1.165, 1.54) is 29.7 Å². The van der Waals surface area contributed by atoms with E-state index in [1.54, 1.807) is 19.1 Å². The van der Waals surface area contributed by atoms with Crippen molar-refractivity contribution in [2.45, 2.75) is 43.6 Å². The van der Waals surface area contributed by atoms with Crippen molar-refractivity contribution in [2.75, 3.05) is 10.0 Å². The number of rotatable bonds is 3. The van der Waals surface area contributed by atoms with Gasteiger partial charge in [-0.3, -0.25) is 9.52 Å². The summed E-state index contributed by atoms with van der Waals surface area (Å²) >= 11 is 0. The van der Waals surface area contributed by atoms with Gasteiger partial charge in [-0.25, -0.2) is 8.42 Å². The number of carbonyl (C=O) groups excluding carboxylic acids is 1. The minimum Gasteiger partial charge on any atom is -0.479 e. The summed E-state index contributed by atoms with van der Waals surface area (Å²) in [4.78, 5) is 11.8. The first-order chi connectivity index (χ1) is 12.4. The third kappa shape index (κ3) is 3.14. The van der Waals surface area contributed by atoms with Crippen LogP contribution in [0.4, 0.5) is 11.4 Å². The molecular formula is C19H20N2O4S. The van der Waals surface area contributed by atoms with Crippen molar-refractivity contribution in [1.29, 1.82) is 0 Å². The molecule has 1 aliphatic heterocycles. The van der Waals surface area contributed by atoms with Crippen LogP contribution in [-0.2, 0) is 27.7 Å². The molecule has 1 heterocycles. The molecule has 0 radical (unpaired) electrons. The average molecular weight is 372 g/mol. The van der Waals surface area contributed by atoms with Gasteiger partial charge in [0.25, 0.3) is 15.9 Å². The molecule has 136 valence electrons. The SMILES string of the molecule is C[C@@H]1Oc2ccc(S(=O)(=O)Nc3ccc4c(c3)CCCC4)cc2NC1=O. The molecule has 2 aromatic rings. The zero-order valence-corrected chi connectivity index (χ0v) is 15.2. The quantitative estimate of drug-likeness (QED) is 0.867. The minimum atomic E-state index is -3.76. The van der Waals surface area contributed by atoms with Crippen molar-refractivity contribution in [3.63, 3.8) is 0 Å². The van der Waals surface area contributed by atoms with Gasteiger partial charge in [-0.05, 0) is 74.1 Å². The first-order valence-corrected chi connectivity index (χ1v) is 10.2. The highest BCUT2D eigenvalue weighted by Gasteiger charge is 2.25. The lowest BCUT2D eigenvalue weighted by Gasteiger charge is -2.23. The van der Waals surface area contributed by atoms with Crippen LogP contribution in [-0.4, -0.2) is 20.4 Å². The number of nitrogens with one attached hydrogen (secondary N) is 2. The van der Waals surface area contributed by atoms with Crippen LogP contribution in [0.3, 0.4) is 0 Å². The van der Waals surface area contributed by atoms with Gasteiger partial charge in [0.2, 0.25) is 0 Å². The van der Waals surface area contributed by atoms with E-state index in [1.807, 2.05) is 12.1 Å². The lowest BCUT2D eigenvalue weighted by Crippen LogP contribution is -2.34. The van der Waals surface area contributed by atoms with E-state index in [0.717, 1.165) is 19.3 Å². The monoisotopic (exact) mass is 372 g/mol. The third-order valence-corrected chi connectivity index (χ3v) is 6.17. The molecule has 26 heavy (non-hydrogen) atoms. The molecular weight excluding hydrogens is 352 g/mol. The van der Waals surface area contributed by atoms with Crippen molar-refractivity contribution in [1.82, 2.24) is 0 Å². The number of ether oxygens (including phenoxy) is 1. The predicted octanol–water partition coefficient (Wildman–Crippen LogP) is 3.09. The number of benzene rings is 2. The third-order valence-electron chi connectivity index (χ3n) is 4.79. The zero-order chi connectivity index (χ0) is 18.3. The maximum atomic E-state index is 12.7. The van der Waals surface area contributed by atoms with E-state index >= 15 is 0 Å². The first-order valence-electron chi connectivity index (χ1n) is 8.68. The Labute approximate surface area is 152 Å². The second-order valence-electron chi connectivity index (χ2n) is 6.70. The molecule has 7 heteroatoms. The van der Waals surface area contributed by atoms with Crippen LogP contribution in [0.2, 0.25) is 0 Å². The van der Waals surface area contributed by atoms with Crippen LogP contribution >= 0.6 is 0 Å². The van der Waals surface area contributed by atoms with Crippen LogP contribution in [0.1, 0.15) is 30.9 Å². The molecule has 6 nitrogen and oxygen atoms in total. The van der Waals surface area contributed by atoms with Crippen molar-refractivity contribution >= 4 is 27.3 Å². The van der Waals surface area contributed by atoms with Gasteiger partial charge < -0.3 is 10.1 Å². The Kier molecular flexibility index (Phi) is 4.11. The minimum absolute atomic E-state index is 0.0763. The number of sulfonamides is 1. The predicted molar refractivity (Wildman–Crippen MR) is 99.1 cm³/mol. The molecule has 0 aromatic heterocycles. The number of aryl methyl sites for hydroxylation is 2. The van der Waals surface area contributed by atoms with E-state index < -0.39 is 16.1 Å². The number of amides is 1. The molecule has 1 aliphatic carbocycles. The van der Waals surface area contributed by atoms with Gasteiger partial charge >= 0.3 is 0 Å². The highest BCUT2D eigenvalue weighted by atomic mass is 32.2. The first kappa shape index (κ1) is 16.9. The molecule has 0 bridgehead atoms. The molecule has 0 unspecified atom stereocenters. The van der Waals surface area contributed by atoms with Gasteiger partial charge in [-0.15, -0.1) is 0 Å². The molecule has 0 spiro atoms. The highest BCUT2D eigenvalue weighted by Crippen LogP contribution is 2.32. The summed E-state index contributed by atoms with van der Waals surface area (Å²) in [5.41, 5.74) is 3.41. The van der Waals surface area contributed by atoms with Crippen LogP contribution < -0.4 is 14.8 Å². The average Bonchev–Trinajstić information content (AvgIpc) is 2.62. The second kappa shape index (κ2) is 6.32. The lowest BCUT2D eigenvalue weighted by atomic mass is 9.91. The summed E-state index contributed by atoms with van der Waals surface area (Å²) in [5, 5.41) is 2.67. The summed E-state index contributed by atoms with van der Waals surface area (Å²) in [6.07, 6.45) is 3.74. The van der Waals surface area contributed by atoms with Gasteiger partial charge in [-0.2, -0.15) is 0 Å². The number of anilines is 2. The van der Waals surface area contributed by atoms with Crippen LogP contribution in [0, 0.1) is 0 Å². The Bertz CT molecular complexity index is 985. The molecule has 2 aliphatic rings. The normalized spacial score (nSPS) is 19.0. The Hall–Kier alpha value is -2.54. The van der Waals surface area contributed by atoms with E-state index in [4.69, 9.17) is 4.74 Å². The maximum Gasteiger partial charge on any atom is 0.265 e. The fraction of sp³-hybridized carbons (Fsp3) is 0.316. The number of fused-ring (bicyclic) bond motifs is 2. The lowest BCUT2D eigenvalue weighted by molar-refractivity contribution is -0.122. The Morgan fingerprint density at radius 1 is 1.08 bits per heavy atom. The fourth-order valence-corrected chi connectivity index (χ4v) is 4.44. The second-order valence-corrected chi connectivity index (χ2v) is 8.39. The molecule has 2 aromatic carbocycles. The highest BCUT2D eigenvalue weighted by molar-refractivity contribution is 7.92.